The molecule has 8 heteroatoms. The smallest absolute Gasteiger partial charge is 0.270 e. The molecule has 1 N–H and O–H groups in total. The molecule has 1 amide bonds. The maximum atomic E-state index is 13.0. The molecule has 2 heterocycles. The van der Waals surface area contributed by atoms with Crippen LogP contribution in [0.1, 0.15) is 0 Å². The minimum atomic E-state index is -0.840. The van der Waals surface area contributed by atoms with Crippen LogP contribution in [0.15, 0.2) is 53.2 Å². The molecule has 0 bridgehead atoms. The van der Waals surface area contributed by atoms with Crippen molar-refractivity contribution in [1.82, 2.24) is 10.3 Å². The molecule has 25 heavy (non-hydrogen) atoms. The Morgan fingerprint density at radius 1 is 1.08 bits per heavy atom. The van der Waals surface area contributed by atoms with Gasteiger partial charge in [-0.15, -0.1) is 0 Å². The first kappa shape index (κ1) is 15.1. The predicted molar refractivity (Wildman–Crippen MR) is 84.7 cm³/mol. The van der Waals surface area contributed by atoms with E-state index in [-0.39, 0.29) is 18.2 Å². The zero-order valence-electron chi connectivity index (χ0n) is 12.8. The lowest BCUT2D eigenvalue weighted by atomic mass is 10.1. The Kier molecular flexibility index (Phi) is 3.77. The summed E-state index contributed by atoms with van der Waals surface area (Å²) >= 11 is 0. The van der Waals surface area contributed by atoms with Gasteiger partial charge in [0, 0.05) is 5.56 Å². The third-order valence-corrected chi connectivity index (χ3v) is 3.65. The first-order chi connectivity index (χ1) is 12.2. The first-order valence-electron chi connectivity index (χ1n) is 7.48. The van der Waals surface area contributed by atoms with Gasteiger partial charge in [-0.05, 0) is 46.7 Å². The molecule has 0 saturated carbocycles. The Labute approximate surface area is 141 Å². The number of amides is 1. The van der Waals surface area contributed by atoms with Gasteiger partial charge in [-0.25, -0.2) is 9.02 Å². The van der Waals surface area contributed by atoms with E-state index in [1.165, 1.54) is 24.3 Å². The Morgan fingerprint density at radius 2 is 1.84 bits per heavy atom. The van der Waals surface area contributed by atoms with Gasteiger partial charge in [0.1, 0.15) is 12.4 Å². The van der Waals surface area contributed by atoms with Crippen LogP contribution in [0.25, 0.3) is 11.3 Å². The number of aromatic nitrogens is 2. The normalized spacial score (nSPS) is 15.6. The average molecular weight is 341 g/mol. The lowest BCUT2D eigenvalue weighted by Gasteiger charge is -2.25. The maximum absolute atomic E-state index is 13.0. The van der Waals surface area contributed by atoms with Crippen LogP contribution in [0.2, 0.25) is 0 Å². The minimum Gasteiger partial charge on any atom is -0.485 e. The van der Waals surface area contributed by atoms with Gasteiger partial charge >= 0.3 is 0 Å². The summed E-state index contributed by atoms with van der Waals surface area (Å²) in [6.07, 6.45) is -0.840. The largest absolute Gasteiger partial charge is 0.485 e. The monoisotopic (exact) mass is 341 g/mol. The highest BCUT2D eigenvalue weighted by Gasteiger charge is 2.29. The maximum Gasteiger partial charge on any atom is 0.270 e. The fraction of sp³-hybridized carbons (Fsp3) is 0.118. The molecule has 1 aliphatic rings. The Hall–Kier alpha value is -3.42. The summed E-state index contributed by atoms with van der Waals surface area (Å²) in [6.45, 7) is 0.0695. The molecule has 3 aromatic rings. The highest BCUT2D eigenvalue weighted by molar-refractivity contribution is 5.96. The number of hydrogen-bond donors (Lipinski definition) is 1. The van der Waals surface area contributed by atoms with Crippen LogP contribution in [0.4, 0.5) is 10.2 Å². The van der Waals surface area contributed by atoms with Crippen LogP contribution >= 0.6 is 0 Å². The highest BCUT2D eigenvalue weighted by Crippen LogP contribution is 2.31. The molecule has 0 radical (unpaired) electrons. The van der Waals surface area contributed by atoms with Crippen molar-refractivity contribution in [2.24, 2.45) is 0 Å². The van der Waals surface area contributed by atoms with Crippen LogP contribution in [-0.2, 0) is 4.79 Å². The summed E-state index contributed by atoms with van der Waals surface area (Å²) in [5.41, 5.74) is 0.856. The number of hydrogen-bond acceptors (Lipinski definition) is 6. The number of anilines is 1. The van der Waals surface area contributed by atoms with E-state index >= 15 is 0 Å². The van der Waals surface area contributed by atoms with Gasteiger partial charge in [0.05, 0.1) is 0 Å². The van der Waals surface area contributed by atoms with Gasteiger partial charge in [-0.3, -0.25) is 4.79 Å². The second kappa shape index (κ2) is 6.23. The number of rotatable bonds is 3. The lowest BCUT2D eigenvalue weighted by molar-refractivity contribution is -0.125. The van der Waals surface area contributed by atoms with E-state index < -0.39 is 12.0 Å². The number of para-hydroxylation sites is 2. The molecule has 7 nitrogen and oxygen atoms in total. The van der Waals surface area contributed by atoms with Gasteiger partial charge in [-0.2, -0.15) is 0 Å². The molecular weight excluding hydrogens is 329 g/mol. The van der Waals surface area contributed by atoms with Crippen LogP contribution in [0.3, 0.4) is 0 Å². The van der Waals surface area contributed by atoms with Crippen molar-refractivity contribution in [3.63, 3.8) is 0 Å². The van der Waals surface area contributed by atoms with Crippen molar-refractivity contribution in [2.75, 3.05) is 11.9 Å². The van der Waals surface area contributed by atoms with Gasteiger partial charge in [0.2, 0.25) is 11.9 Å². The van der Waals surface area contributed by atoms with Gasteiger partial charge in [-0.1, -0.05) is 12.1 Å². The fourth-order valence-electron chi connectivity index (χ4n) is 2.41. The van der Waals surface area contributed by atoms with E-state index in [2.05, 4.69) is 15.6 Å². The van der Waals surface area contributed by atoms with Crippen LogP contribution < -0.4 is 14.8 Å². The van der Waals surface area contributed by atoms with Crippen LogP contribution in [0.5, 0.6) is 11.5 Å². The summed E-state index contributed by atoms with van der Waals surface area (Å²) in [5.74, 6) is 0.373. The quantitative estimate of drug-likeness (QED) is 0.788. The van der Waals surface area contributed by atoms with E-state index in [0.29, 0.717) is 22.8 Å². The summed E-state index contributed by atoms with van der Waals surface area (Å²) in [5, 5.41) is 10.0. The number of ether oxygens (including phenoxy) is 2. The van der Waals surface area contributed by atoms with Crippen molar-refractivity contribution >= 4 is 11.7 Å². The molecule has 2 aromatic carbocycles. The van der Waals surface area contributed by atoms with Crippen molar-refractivity contribution in [1.29, 1.82) is 0 Å². The van der Waals surface area contributed by atoms with Crippen LogP contribution in [0, 0.1) is 5.82 Å². The molecule has 1 aliphatic heterocycles. The Balaban J connectivity index is 1.51. The number of halogens is 1. The number of carbonyl (C=O) groups excluding carboxylic acids is 1. The van der Waals surface area contributed by atoms with Crippen LogP contribution in [-0.4, -0.2) is 28.9 Å². The number of carbonyl (C=O) groups is 1. The number of nitrogens with zero attached hydrogens (tertiary/aromatic N) is 2. The van der Waals surface area contributed by atoms with E-state index in [0.717, 1.165) is 0 Å². The summed E-state index contributed by atoms with van der Waals surface area (Å²) in [7, 11) is 0. The van der Waals surface area contributed by atoms with E-state index in [1.807, 2.05) is 6.07 Å². The molecule has 0 spiro atoms. The number of benzene rings is 2. The number of fused-ring (bicyclic) bond motifs is 1. The molecule has 0 saturated heterocycles. The predicted octanol–water partition coefficient (Wildman–Crippen LogP) is 2.65. The summed E-state index contributed by atoms with van der Waals surface area (Å²) in [4.78, 5) is 12.4. The van der Waals surface area contributed by atoms with E-state index in [1.54, 1.807) is 18.2 Å². The minimum absolute atomic E-state index is 0.0695. The first-order valence-corrected chi connectivity index (χ1v) is 7.48. The lowest BCUT2D eigenvalue weighted by Crippen LogP contribution is -2.40. The topological polar surface area (TPSA) is 86.5 Å². The highest BCUT2D eigenvalue weighted by atomic mass is 19.1. The molecule has 4 rings (SSSR count). The van der Waals surface area contributed by atoms with E-state index in [9.17, 15) is 9.18 Å². The molecule has 0 aliphatic carbocycles. The standard InChI is InChI=1S/C17H12FN3O4/c18-11-7-5-10(6-8-11)15-16(21-25-20-15)19-17(22)14-9-23-12-3-1-2-4-13(12)24-14/h1-8,14H,9H2,(H,19,21,22). The molecule has 1 unspecified atom stereocenters. The molecule has 1 atom stereocenters. The molecule has 0 fully saturated rings. The second-order valence-corrected chi connectivity index (χ2v) is 5.32. The van der Waals surface area contributed by atoms with Crippen molar-refractivity contribution in [3.8, 4) is 22.8 Å². The third kappa shape index (κ3) is 3.01. The Morgan fingerprint density at radius 3 is 2.64 bits per heavy atom. The zero-order chi connectivity index (χ0) is 17.2. The summed E-state index contributed by atoms with van der Waals surface area (Å²) < 4.78 is 28.9. The fourth-order valence-corrected chi connectivity index (χ4v) is 2.41. The van der Waals surface area contributed by atoms with Crippen molar-refractivity contribution in [3.05, 3.63) is 54.3 Å². The second-order valence-electron chi connectivity index (χ2n) is 5.32. The molecular formula is C17H12FN3O4. The van der Waals surface area contributed by atoms with Gasteiger partial charge < -0.3 is 14.8 Å². The SMILES string of the molecule is O=C(Nc1nonc1-c1ccc(F)cc1)C1COc2ccccc2O1. The molecule has 126 valence electrons. The zero-order valence-corrected chi connectivity index (χ0v) is 12.8. The third-order valence-electron chi connectivity index (χ3n) is 3.65. The number of nitrogens with one attached hydrogen (secondary N) is 1. The van der Waals surface area contributed by atoms with E-state index in [4.69, 9.17) is 14.1 Å². The van der Waals surface area contributed by atoms with Crippen molar-refractivity contribution < 1.29 is 23.3 Å². The van der Waals surface area contributed by atoms with Crippen molar-refractivity contribution in [2.45, 2.75) is 6.10 Å². The average Bonchev–Trinajstić information content (AvgIpc) is 3.10. The Bertz CT molecular complexity index is 910. The van der Waals surface area contributed by atoms with Gasteiger partial charge in [0.15, 0.2) is 17.2 Å². The summed E-state index contributed by atoms with van der Waals surface area (Å²) in [6, 6.07) is 12.7. The van der Waals surface area contributed by atoms with Gasteiger partial charge in [0.25, 0.3) is 5.91 Å². The molecule has 1 aromatic heterocycles.